The summed E-state index contributed by atoms with van der Waals surface area (Å²) < 4.78 is 45.3. The molecule has 3 aromatic rings. The largest absolute Gasteiger partial charge is 0.482 e. The van der Waals surface area contributed by atoms with Gasteiger partial charge in [-0.05, 0) is 64.3 Å². The molecule has 0 atom stereocenters. The van der Waals surface area contributed by atoms with Gasteiger partial charge in [-0.1, -0.05) is 12.1 Å². The minimum Gasteiger partial charge on any atom is -0.482 e. The fraction of sp³-hybridized carbons (Fsp3) is 0.370. The van der Waals surface area contributed by atoms with Crippen LogP contribution in [0.5, 0.6) is 5.75 Å². The van der Waals surface area contributed by atoms with E-state index >= 15 is 0 Å². The highest BCUT2D eigenvalue weighted by Crippen LogP contribution is 2.22. The second-order valence-electron chi connectivity index (χ2n) is 9.16. The van der Waals surface area contributed by atoms with Crippen molar-refractivity contribution in [1.29, 1.82) is 0 Å². The van der Waals surface area contributed by atoms with Crippen molar-refractivity contribution in [2.75, 3.05) is 13.2 Å². The Hall–Kier alpha value is -3.75. The van der Waals surface area contributed by atoms with Crippen LogP contribution >= 0.6 is 0 Å². The molecule has 0 N–H and O–H groups in total. The van der Waals surface area contributed by atoms with Gasteiger partial charge in [0.1, 0.15) is 17.9 Å². The summed E-state index contributed by atoms with van der Waals surface area (Å²) in [6.45, 7) is 6.53. The van der Waals surface area contributed by atoms with Crippen molar-refractivity contribution in [3.8, 4) is 5.75 Å². The summed E-state index contributed by atoms with van der Waals surface area (Å²) in [4.78, 5) is 37.3. The van der Waals surface area contributed by atoms with Crippen LogP contribution in [-0.4, -0.2) is 35.3 Å². The van der Waals surface area contributed by atoms with E-state index in [-0.39, 0.29) is 43.6 Å². The van der Waals surface area contributed by atoms with E-state index < -0.39 is 29.2 Å². The highest BCUT2D eigenvalue weighted by molar-refractivity contribution is 5.83. The van der Waals surface area contributed by atoms with Gasteiger partial charge in [-0.15, -0.1) is 0 Å². The SMILES string of the molecule is CCOC(=O)Cn1c(CCc2cccc(F)c2F)cc(=O)c2ccc(OCC(=O)OC(C)(C)C)cc21. The summed E-state index contributed by atoms with van der Waals surface area (Å²) in [5.41, 5.74) is -0.00125. The van der Waals surface area contributed by atoms with Crippen LogP contribution in [0.15, 0.2) is 47.3 Å². The van der Waals surface area contributed by atoms with Crippen molar-refractivity contribution in [3.63, 3.8) is 0 Å². The van der Waals surface area contributed by atoms with Crippen LogP contribution in [0.1, 0.15) is 39.0 Å². The van der Waals surface area contributed by atoms with Gasteiger partial charge >= 0.3 is 11.9 Å². The number of hydrogen-bond donors (Lipinski definition) is 0. The number of carbonyl (C=O) groups excluding carboxylic acids is 2. The van der Waals surface area contributed by atoms with Crippen LogP contribution in [0.4, 0.5) is 8.78 Å². The molecule has 0 bridgehead atoms. The average Bonchev–Trinajstić information content (AvgIpc) is 2.80. The number of benzene rings is 2. The molecule has 1 aromatic heterocycles. The molecule has 3 rings (SSSR count). The van der Waals surface area contributed by atoms with Crippen molar-refractivity contribution < 1.29 is 32.6 Å². The maximum Gasteiger partial charge on any atom is 0.344 e. The Morgan fingerprint density at radius 2 is 1.75 bits per heavy atom. The summed E-state index contributed by atoms with van der Waals surface area (Å²) >= 11 is 0. The number of carbonyl (C=O) groups is 2. The lowest BCUT2D eigenvalue weighted by Gasteiger charge is -2.20. The van der Waals surface area contributed by atoms with Gasteiger partial charge in [0.05, 0.1) is 12.1 Å². The lowest BCUT2D eigenvalue weighted by Crippen LogP contribution is -2.27. The number of aromatic nitrogens is 1. The van der Waals surface area contributed by atoms with Crippen molar-refractivity contribution in [3.05, 3.63) is 75.6 Å². The van der Waals surface area contributed by atoms with Gasteiger partial charge in [0, 0.05) is 23.2 Å². The Morgan fingerprint density at radius 1 is 1.00 bits per heavy atom. The number of ether oxygens (including phenoxy) is 3. The standard InChI is InChI=1S/C27H29F2NO6/c1-5-34-24(32)15-30-18(10-9-17-7-6-8-21(28)26(17)29)13-23(31)20-12-11-19(14-22(20)30)35-16-25(33)36-27(2,3)4/h6-8,11-14H,5,9-10,15-16H2,1-4H3. The van der Waals surface area contributed by atoms with Gasteiger partial charge in [-0.2, -0.15) is 0 Å². The zero-order valence-corrected chi connectivity index (χ0v) is 20.7. The van der Waals surface area contributed by atoms with Gasteiger partial charge < -0.3 is 18.8 Å². The highest BCUT2D eigenvalue weighted by Gasteiger charge is 2.18. The second kappa shape index (κ2) is 11.3. The van der Waals surface area contributed by atoms with Crippen LogP contribution in [0.2, 0.25) is 0 Å². The van der Waals surface area contributed by atoms with E-state index in [0.29, 0.717) is 22.3 Å². The Balaban J connectivity index is 1.98. The topological polar surface area (TPSA) is 83.8 Å². The smallest absolute Gasteiger partial charge is 0.344 e. The Morgan fingerprint density at radius 3 is 2.44 bits per heavy atom. The third-order valence-corrected chi connectivity index (χ3v) is 5.22. The quantitative estimate of drug-likeness (QED) is 0.406. The van der Waals surface area contributed by atoms with Gasteiger partial charge in [-0.25, -0.2) is 13.6 Å². The normalized spacial score (nSPS) is 11.4. The molecule has 0 spiro atoms. The number of aryl methyl sites for hydroxylation is 2. The van der Waals surface area contributed by atoms with Crippen LogP contribution in [0, 0.1) is 11.6 Å². The van der Waals surface area contributed by atoms with E-state index in [2.05, 4.69) is 0 Å². The predicted molar refractivity (Wildman–Crippen MR) is 130 cm³/mol. The number of fused-ring (bicyclic) bond motifs is 1. The molecule has 0 fully saturated rings. The van der Waals surface area contributed by atoms with Gasteiger partial charge in [0.25, 0.3) is 0 Å². The zero-order valence-electron chi connectivity index (χ0n) is 20.7. The molecule has 0 saturated heterocycles. The highest BCUT2D eigenvalue weighted by atomic mass is 19.2. The molecule has 0 aliphatic heterocycles. The predicted octanol–water partition coefficient (Wildman–Crippen LogP) is 4.35. The third-order valence-electron chi connectivity index (χ3n) is 5.22. The molecule has 9 heteroatoms. The van der Waals surface area contributed by atoms with Crippen molar-refractivity contribution in [2.24, 2.45) is 0 Å². The van der Waals surface area contributed by atoms with E-state index in [1.165, 1.54) is 18.2 Å². The van der Waals surface area contributed by atoms with E-state index in [1.54, 1.807) is 50.5 Å². The van der Waals surface area contributed by atoms with E-state index in [9.17, 15) is 23.2 Å². The molecule has 0 aliphatic carbocycles. The summed E-state index contributed by atoms with van der Waals surface area (Å²) in [7, 11) is 0. The number of halogens is 2. The van der Waals surface area contributed by atoms with Gasteiger partial charge in [0.15, 0.2) is 23.7 Å². The molecule has 2 aromatic carbocycles. The minimum absolute atomic E-state index is 0.103. The zero-order chi connectivity index (χ0) is 26.5. The third kappa shape index (κ3) is 6.90. The summed E-state index contributed by atoms with van der Waals surface area (Å²) in [6, 6.07) is 9.92. The first-order valence-electron chi connectivity index (χ1n) is 11.6. The number of esters is 2. The molecular weight excluding hydrogens is 472 g/mol. The van der Waals surface area contributed by atoms with Crippen LogP contribution < -0.4 is 10.2 Å². The van der Waals surface area contributed by atoms with Gasteiger partial charge in [0.2, 0.25) is 0 Å². The average molecular weight is 502 g/mol. The molecule has 0 unspecified atom stereocenters. The van der Waals surface area contributed by atoms with E-state index in [1.807, 2.05) is 0 Å². The Kier molecular flexibility index (Phi) is 8.45. The van der Waals surface area contributed by atoms with Crippen molar-refractivity contribution >= 4 is 22.8 Å². The first-order chi connectivity index (χ1) is 17.0. The molecule has 0 amide bonds. The van der Waals surface area contributed by atoms with Crippen LogP contribution in [-0.2, 0) is 38.4 Å². The molecule has 0 aliphatic rings. The first-order valence-corrected chi connectivity index (χ1v) is 11.6. The maximum absolute atomic E-state index is 14.2. The first kappa shape index (κ1) is 26.8. The summed E-state index contributed by atoms with van der Waals surface area (Å²) in [5, 5.41) is 0.324. The van der Waals surface area contributed by atoms with Crippen molar-refractivity contribution in [1.82, 2.24) is 4.57 Å². The second-order valence-corrected chi connectivity index (χ2v) is 9.16. The molecule has 0 radical (unpaired) electrons. The lowest BCUT2D eigenvalue weighted by atomic mass is 10.0. The lowest BCUT2D eigenvalue weighted by molar-refractivity contribution is -0.157. The molecule has 1 heterocycles. The minimum atomic E-state index is -0.957. The monoisotopic (exact) mass is 501 g/mol. The molecular formula is C27H29F2NO6. The van der Waals surface area contributed by atoms with Gasteiger partial charge in [-0.3, -0.25) is 9.59 Å². The molecule has 0 saturated carbocycles. The molecule has 36 heavy (non-hydrogen) atoms. The van der Waals surface area contributed by atoms with Crippen LogP contribution in [0.3, 0.4) is 0 Å². The summed E-state index contributed by atoms with van der Waals surface area (Å²) in [6.07, 6.45) is 0.264. The number of hydrogen-bond acceptors (Lipinski definition) is 6. The molecule has 192 valence electrons. The van der Waals surface area contributed by atoms with Crippen molar-refractivity contribution in [2.45, 2.75) is 52.7 Å². The van der Waals surface area contributed by atoms with E-state index in [4.69, 9.17) is 14.2 Å². The number of rotatable bonds is 9. The van der Waals surface area contributed by atoms with E-state index in [0.717, 1.165) is 6.07 Å². The fourth-order valence-electron chi connectivity index (χ4n) is 3.74. The Labute approximate surface area is 207 Å². The Bertz CT molecular complexity index is 1330. The fourth-order valence-corrected chi connectivity index (χ4v) is 3.74. The van der Waals surface area contributed by atoms with Crippen LogP contribution in [0.25, 0.3) is 10.9 Å². The summed E-state index contributed by atoms with van der Waals surface area (Å²) in [5.74, 6) is -2.70. The maximum atomic E-state index is 14.2. The number of nitrogens with zero attached hydrogens (tertiary/aromatic N) is 1. The molecule has 7 nitrogen and oxygen atoms in total. The number of pyridine rings is 1.